The molecule has 0 bridgehead atoms. The van der Waals surface area contributed by atoms with E-state index in [1.165, 1.54) is 11.4 Å². The van der Waals surface area contributed by atoms with Crippen LogP contribution in [0.5, 0.6) is 11.5 Å². The van der Waals surface area contributed by atoms with Crippen molar-refractivity contribution in [2.75, 3.05) is 57.1 Å². The summed E-state index contributed by atoms with van der Waals surface area (Å²) in [4.78, 5) is 18.9. The van der Waals surface area contributed by atoms with Gasteiger partial charge in [-0.2, -0.15) is 4.31 Å². The second-order valence-electron chi connectivity index (χ2n) is 8.54. The number of amides is 1. The monoisotopic (exact) mass is 490 g/mol. The van der Waals surface area contributed by atoms with E-state index < -0.39 is 10.0 Å². The first-order chi connectivity index (χ1) is 16.3. The summed E-state index contributed by atoms with van der Waals surface area (Å²) in [5.74, 6) is 1.90. The molecule has 0 atom stereocenters. The van der Waals surface area contributed by atoms with E-state index >= 15 is 0 Å². The van der Waals surface area contributed by atoms with Crippen molar-refractivity contribution in [3.8, 4) is 11.5 Å². The maximum absolute atomic E-state index is 12.7. The van der Waals surface area contributed by atoms with Gasteiger partial charge in [0.15, 0.2) is 11.5 Å². The van der Waals surface area contributed by atoms with Crippen LogP contribution in [0.3, 0.4) is 0 Å². The maximum atomic E-state index is 12.7. The lowest BCUT2D eigenvalue weighted by Crippen LogP contribution is -2.50. The first-order valence-corrected chi connectivity index (χ1v) is 13.1. The summed E-state index contributed by atoms with van der Waals surface area (Å²) in [5.41, 5.74) is 0.384. The molecule has 1 saturated heterocycles. The van der Waals surface area contributed by atoms with Crippen LogP contribution < -0.4 is 19.7 Å². The molecule has 1 fully saturated rings. The summed E-state index contributed by atoms with van der Waals surface area (Å²) in [7, 11) is -1.96. The van der Waals surface area contributed by atoms with Crippen molar-refractivity contribution in [2.24, 2.45) is 5.92 Å². The molecule has 1 aromatic carbocycles. The standard InChI is InChI=1S/C24H34N4O5S/c1-19(2)9-16-33-21-8-7-20(18-22(21)32-3)24(29)26-11-17-34(30,31)28-14-12-27(13-15-28)23-6-4-5-10-25-23/h4-8,10,18-19H,9,11-17H2,1-3H3,(H,26,29). The van der Waals surface area contributed by atoms with Gasteiger partial charge in [-0.05, 0) is 42.7 Å². The third-order valence-electron chi connectivity index (χ3n) is 5.63. The molecule has 3 rings (SSSR count). The largest absolute Gasteiger partial charge is 0.493 e. The van der Waals surface area contributed by atoms with Gasteiger partial charge >= 0.3 is 0 Å². The number of methoxy groups -OCH3 is 1. The normalized spacial score (nSPS) is 14.8. The van der Waals surface area contributed by atoms with Crippen molar-refractivity contribution in [3.05, 3.63) is 48.2 Å². The second-order valence-corrected chi connectivity index (χ2v) is 10.6. The number of hydrogen-bond donors (Lipinski definition) is 1. The first kappa shape index (κ1) is 25.8. The number of nitrogens with zero attached hydrogens (tertiary/aromatic N) is 3. The zero-order chi connectivity index (χ0) is 24.6. The number of piperazine rings is 1. The minimum atomic E-state index is -3.48. The molecule has 2 heterocycles. The van der Waals surface area contributed by atoms with E-state index in [2.05, 4.69) is 29.0 Å². The number of carbonyl (C=O) groups is 1. The van der Waals surface area contributed by atoms with Crippen molar-refractivity contribution in [1.29, 1.82) is 0 Å². The molecular formula is C24H34N4O5S. The summed E-state index contributed by atoms with van der Waals surface area (Å²) in [5, 5.41) is 2.70. The number of sulfonamides is 1. The fourth-order valence-corrected chi connectivity index (χ4v) is 4.93. The van der Waals surface area contributed by atoms with Crippen LogP contribution in [0.15, 0.2) is 42.6 Å². The highest BCUT2D eigenvalue weighted by molar-refractivity contribution is 7.89. The summed E-state index contributed by atoms with van der Waals surface area (Å²) >= 11 is 0. The van der Waals surface area contributed by atoms with Crippen molar-refractivity contribution in [3.63, 3.8) is 0 Å². The summed E-state index contributed by atoms with van der Waals surface area (Å²) in [6.45, 7) is 6.77. The number of rotatable bonds is 11. The molecule has 1 aromatic heterocycles. The molecule has 0 spiro atoms. The van der Waals surface area contributed by atoms with E-state index in [0.29, 0.717) is 55.8 Å². The zero-order valence-electron chi connectivity index (χ0n) is 20.1. The molecule has 186 valence electrons. The number of hydrogen-bond acceptors (Lipinski definition) is 7. The maximum Gasteiger partial charge on any atom is 0.251 e. The quantitative estimate of drug-likeness (QED) is 0.516. The predicted molar refractivity (Wildman–Crippen MR) is 132 cm³/mol. The molecule has 10 heteroatoms. The minimum absolute atomic E-state index is 0.0244. The van der Waals surface area contributed by atoms with E-state index in [0.717, 1.165) is 12.2 Å². The van der Waals surface area contributed by atoms with Gasteiger partial charge in [-0.3, -0.25) is 4.79 Å². The Hall–Kier alpha value is -2.85. The predicted octanol–water partition coefficient (Wildman–Crippen LogP) is 2.40. The Bertz CT molecular complexity index is 1040. The lowest BCUT2D eigenvalue weighted by atomic mass is 10.1. The molecule has 0 radical (unpaired) electrons. The molecule has 1 N–H and O–H groups in total. The lowest BCUT2D eigenvalue weighted by molar-refractivity contribution is 0.0955. The number of carbonyl (C=O) groups excluding carboxylic acids is 1. The summed E-state index contributed by atoms with van der Waals surface area (Å²) in [6, 6.07) is 10.6. The molecule has 1 amide bonds. The van der Waals surface area contributed by atoms with Crippen LogP contribution in [0.2, 0.25) is 0 Å². The molecule has 2 aromatic rings. The highest BCUT2D eigenvalue weighted by Gasteiger charge is 2.27. The number of benzene rings is 1. The topological polar surface area (TPSA) is 101 Å². The number of anilines is 1. The van der Waals surface area contributed by atoms with Gasteiger partial charge in [0.25, 0.3) is 5.91 Å². The van der Waals surface area contributed by atoms with Crippen LogP contribution >= 0.6 is 0 Å². The molecule has 1 aliphatic rings. The Morgan fingerprint density at radius 1 is 1.12 bits per heavy atom. The van der Waals surface area contributed by atoms with Crippen molar-refractivity contribution in [1.82, 2.24) is 14.6 Å². The highest BCUT2D eigenvalue weighted by atomic mass is 32.2. The Kier molecular flexibility index (Phi) is 9.12. The van der Waals surface area contributed by atoms with E-state index in [1.54, 1.807) is 24.4 Å². The van der Waals surface area contributed by atoms with Crippen LogP contribution in [-0.4, -0.2) is 75.8 Å². The molecule has 0 aliphatic carbocycles. The first-order valence-electron chi connectivity index (χ1n) is 11.5. The van der Waals surface area contributed by atoms with Crippen LogP contribution in [-0.2, 0) is 10.0 Å². The Morgan fingerprint density at radius 3 is 2.53 bits per heavy atom. The van der Waals surface area contributed by atoms with Gasteiger partial charge in [0.1, 0.15) is 5.82 Å². The zero-order valence-corrected chi connectivity index (χ0v) is 20.9. The van der Waals surface area contributed by atoms with Gasteiger partial charge in [-0.15, -0.1) is 0 Å². The Balaban J connectivity index is 1.48. The molecular weight excluding hydrogens is 456 g/mol. The Morgan fingerprint density at radius 2 is 1.88 bits per heavy atom. The molecule has 0 saturated carbocycles. The third-order valence-corrected chi connectivity index (χ3v) is 7.50. The second kappa shape index (κ2) is 12.0. The Labute approximate surface area is 202 Å². The number of ether oxygens (including phenoxy) is 2. The SMILES string of the molecule is COc1cc(C(=O)NCCS(=O)(=O)N2CCN(c3ccccn3)CC2)ccc1OCCC(C)C. The van der Waals surface area contributed by atoms with E-state index in [-0.39, 0.29) is 18.2 Å². The molecule has 0 unspecified atom stereocenters. The van der Waals surface area contributed by atoms with Gasteiger partial charge in [-0.25, -0.2) is 13.4 Å². The molecule has 34 heavy (non-hydrogen) atoms. The van der Waals surface area contributed by atoms with Crippen LogP contribution in [0.1, 0.15) is 30.6 Å². The van der Waals surface area contributed by atoms with Gasteiger partial charge in [-0.1, -0.05) is 19.9 Å². The van der Waals surface area contributed by atoms with Gasteiger partial charge in [0, 0.05) is 44.5 Å². The van der Waals surface area contributed by atoms with Crippen molar-refractivity contribution in [2.45, 2.75) is 20.3 Å². The fraction of sp³-hybridized carbons (Fsp3) is 0.500. The fourth-order valence-electron chi connectivity index (χ4n) is 3.59. The van der Waals surface area contributed by atoms with Crippen molar-refractivity contribution < 1.29 is 22.7 Å². The minimum Gasteiger partial charge on any atom is -0.493 e. The molecule has 1 aliphatic heterocycles. The van der Waals surface area contributed by atoms with E-state index in [9.17, 15) is 13.2 Å². The molecule has 9 nitrogen and oxygen atoms in total. The van der Waals surface area contributed by atoms with Gasteiger partial charge in [0.05, 0.1) is 19.5 Å². The lowest BCUT2D eigenvalue weighted by Gasteiger charge is -2.34. The number of nitrogens with one attached hydrogen (secondary N) is 1. The number of aromatic nitrogens is 1. The van der Waals surface area contributed by atoms with E-state index in [1.807, 2.05) is 18.2 Å². The third kappa shape index (κ3) is 7.07. The highest BCUT2D eigenvalue weighted by Crippen LogP contribution is 2.28. The van der Waals surface area contributed by atoms with Crippen LogP contribution in [0.4, 0.5) is 5.82 Å². The summed E-state index contributed by atoms with van der Waals surface area (Å²) < 4.78 is 38.1. The van der Waals surface area contributed by atoms with Crippen LogP contribution in [0, 0.1) is 5.92 Å². The average molecular weight is 491 g/mol. The number of pyridine rings is 1. The average Bonchev–Trinajstić information content (AvgIpc) is 2.84. The smallest absolute Gasteiger partial charge is 0.251 e. The summed E-state index contributed by atoms with van der Waals surface area (Å²) in [6.07, 6.45) is 2.64. The van der Waals surface area contributed by atoms with Crippen molar-refractivity contribution >= 4 is 21.7 Å². The van der Waals surface area contributed by atoms with Crippen LogP contribution in [0.25, 0.3) is 0 Å². The van der Waals surface area contributed by atoms with Gasteiger partial charge < -0.3 is 19.7 Å². The van der Waals surface area contributed by atoms with E-state index in [4.69, 9.17) is 9.47 Å². The van der Waals surface area contributed by atoms with Gasteiger partial charge in [0.2, 0.25) is 10.0 Å².